The molecule has 9 heteroatoms. The molecule has 2 heterocycles. The van der Waals surface area contributed by atoms with Crippen LogP contribution in [0, 0.1) is 0 Å². The van der Waals surface area contributed by atoms with E-state index in [0.717, 1.165) is 19.3 Å². The Hall–Kier alpha value is -2.65. The van der Waals surface area contributed by atoms with Crippen LogP contribution in [-0.2, 0) is 17.1 Å². The number of hydrazine groups is 1. The Balaban J connectivity index is 1.70. The molecule has 8 nitrogen and oxygen atoms in total. The lowest BCUT2D eigenvalue weighted by molar-refractivity contribution is 0.0842. The molecule has 0 bridgehead atoms. The Morgan fingerprint density at radius 3 is 2.26 bits per heavy atom. The Morgan fingerprint density at radius 1 is 0.963 bits per heavy atom. The van der Waals surface area contributed by atoms with Crippen LogP contribution in [0.1, 0.15) is 40.1 Å². The number of piperidine rings is 1. The number of amides is 2. The molecule has 1 aromatic heterocycles. The van der Waals surface area contributed by atoms with Crippen molar-refractivity contribution in [3.05, 3.63) is 53.9 Å². The smallest absolute Gasteiger partial charge is 0.286 e. The fraction of sp³-hybridized carbons (Fsp3) is 0.333. The number of rotatable bonds is 4. The van der Waals surface area contributed by atoms with Crippen molar-refractivity contribution < 1.29 is 18.0 Å². The van der Waals surface area contributed by atoms with Crippen molar-refractivity contribution in [2.75, 3.05) is 13.1 Å². The molecular weight excluding hydrogens is 368 g/mol. The summed E-state index contributed by atoms with van der Waals surface area (Å²) in [6.07, 6.45) is 4.11. The predicted octanol–water partition coefficient (Wildman–Crippen LogP) is 1.27. The van der Waals surface area contributed by atoms with Crippen molar-refractivity contribution in [1.29, 1.82) is 0 Å². The van der Waals surface area contributed by atoms with Gasteiger partial charge in [-0.05, 0) is 31.0 Å². The first kappa shape index (κ1) is 19.1. The van der Waals surface area contributed by atoms with Crippen molar-refractivity contribution in [2.45, 2.75) is 24.2 Å². The van der Waals surface area contributed by atoms with Crippen molar-refractivity contribution in [2.24, 2.45) is 7.05 Å². The number of nitrogens with one attached hydrogen (secondary N) is 2. The largest absolute Gasteiger partial charge is 0.345 e. The van der Waals surface area contributed by atoms with Gasteiger partial charge in [0.1, 0.15) is 10.6 Å². The Labute approximate surface area is 158 Å². The van der Waals surface area contributed by atoms with Gasteiger partial charge in [0.05, 0.1) is 0 Å². The van der Waals surface area contributed by atoms with Crippen LogP contribution in [0.2, 0.25) is 0 Å². The average Bonchev–Trinajstić information content (AvgIpc) is 3.10. The highest BCUT2D eigenvalue weighted by Gasteiger charge is 2.28. The fourth-order valence-corrected chi connectivity index (χ4v) is 4.58. The molecular formula is C18H22N4O4S. The molecule has 1 aromatic carbocycles. The number of carbonyl (C=O) groups is 2. The van der Waals surface area contributed by atoms with Gasteiger partial charge in [-0.3, -0.25) is 20.4 Å². The molecule has 2 aromatic rings. The fourth-order valence-electron chi connectivity index (χ4n) is 2.99. The van der Waals surface area contributed by atoms with Gasteiger partial charge in [0.25, 0.3) is 11.8 Å². The zero-order valence-corrected chi connectivity index (χ0v) is 15.8. The minimum Gasteiger partial charge on any atom is -0.345 e. The highest BCUT2D eigenvalue weighted by Crippen LogP contribution is 2.22. The Morgan fingerprint density at radius 2 is 1.59 bits per heavy atom. The van der Waals surface area contributed by atoms with E-state index in [4.69, 9.17) is 0 Å². The van der Waals surface area contributed by atoms with Gasteiger partial charge in [0.2, 0.25) is 10.0 Å². The second kappa shape index (κ2) is 7.93. The van der Waals surface area contributed by atoms with Gasteiger partial charge in [-0.25, -0.2) is 8.42 Å². The van der Waals surface area contributed by atoms with Crippen LogP contribution in [0.4, 0.5) is 0 Å². The number of benzene rings is 1. The third-order valence-corrected chi connectivity index (χ3v) is 6.35. The molecule has 1 saturated heterocycles. The number of hydrogen-bond donors (Lipinski definition) is 2. The number of carbonyl (C=O) groups excluding carboxylic acids is 2. The van der Waals surface area contributed by atoms with E-state index in [1.54, 1.807) is 37.4 Å². The van der Waals surface area contributed by atoms with E-state index in [2.05, 4.69) is 10.9 Å². The van der Waals surface area contributed by atoms with E-state index in [1.807, 2.05) is 0 Å². The zero-order valence-electron chi connectivity index (χ0n) is 15.0. The van der Waals surface area contributed by atoms with Crippen LogP contribution < -0.4 is 10.9 Å². The lowest BCUT2D eigenvalue weighted by atomic mass is 10.2. The summed E-state index contributed by atoms with van der Waals surface area (Å²) in [7, 11) is -2.04. The van der Waals surface area contributed by atoms with E-state index in [-0.39, 0.29) is 10.6 Å². The molecule has 0 unspecified atom stereocenters. The molecule has 1 aliphatic rings. The standard InChI is InChI=1S/C18H22N4O4S/c1-21-13-15(27(25,26)22-10-6-3-7-11-22)12-16(21)18(24)20-19-17(23)14-8-4-2-5-9-14/h2,4-5,8-9,12-13H,3,6-7,10-11H2,1H3,(H,19,23)(H,20,24). The second-order valence-electron chi connectivity index (χ2n) is 6.41. The van der Waals surface area contributed by atoms with Gasteiger partial charge < -0.3 is 4.57 Å². The summed E-state index contributed by atoms with van der Waals surface area (Å²) in [5.74, 6) is -1.05. The molecule has 1 aliphatic heterocycles. The summed E-state index contributed by atoms with van der Waals surface area (Å²) in [5, 5.41) is 0. The monoisotopic (exact) mass is 390 g/mol. The van der Waals surface area contributed by atoms with Crippen LogP contribution in [0.3, 0.4) is 0 Å². The normalized spacial score (nSPS) is 15.3. The third kappa shape index (κ3) is 4.20. The van der Waals surface area contributed by atoms with E-state index in [0.29, 0.717) is 18.7 Å². The highest BCUT2D eigenvalue weighted by molar-refractivity contribution is 7.89. The second-order valence-corrected chi connectivity index (χ2v) is 8.35. The first-order valence-corrected chi connectivity index (χ1v) is 10.2. The zero-order chi connectivity index (χ0) is 19.4. The van der Waals surface area contributed by atoms with Crippen LogP contribution in [0.25, 0.3) is 0 Å². The first-order valence-electron chi connectivity index (χ1n) is 8.72. The van der Waals surface area contributed by atoms with Crippen molar-refractivity contribution in [3.8, 4) is 0 Å². The molecule has 0 saturated carbocycles. The summed E-state index contributed by atoms with van der Waals surface area (Å²) in [5.41, 5.74) is 5.18. The number of sulfonamides is 1. The summed E-state index contributed by atoms with van der Waals surface area (Å²) in [6.45, 7) is 0.984. The molecule has 0 aliphatic carbocycles. The average molecular weight is 390 g/mol. The number of hydrogen-bond acceptors (Lipinski definition) is 4. The van der Waals surface area contributed by atoms with Gasteiger partial charge in [-0.15, -0.1) is 0 Å². The number of aryl methyl sites for hydroxylation is 1. The van der Waals surface area contributed by atoms with Gasteiger partial charge in [-0.2, -0.15) is 4.31 Å². The SMILES string of the molecule is Cn1cc(S(=O)(=O)N2CCCCC2)cc1C(=O)NNC(=O)c1ccccc1. The molecule has 144 valence electrons. The van der Waals surface area contributed by atoms with E-state index < -0.39 is 21.8 Å². The van der Waals surface area contributed by atoms with Crippen molar-refractivity contribution in [3.63, 3.8) is 0 Å². The van der Waals surface area contributed by atoms with Crippen LogP contribution in [-0.4, -0.2) is 42.2 Å². The summed E-state index contributed by atoms with van der Waals surface area (Å²) in [6, 6.07) is 9.77. The van der Waals surface area contributed by atoms with Crippen molar-refractivity contribution in [1.82, 2.24) is 19.7 Å². The minimum absolute atomic E-state index is 0.0754. The van der Waals surface area contributed by atoms with Gasteiger partial charge in [0, 0.05) is 31.9 Å². The summed E-state index contributed by atoms with van der Waals surface area (Å²) >= 11 is 0. The molecule has 1 fully saturated rings. The molecule has 2 N–H and O–H groups in total. The first-order chi connectivity index (χ1) is 12.9. The molecule has 2 amide bonds. The predicted molar refractivity (Wildman–Crippen MR) is 99.4 cm³/mol. The van der Waals surface area contributed by atoms with Crippen LogP contribution >= 0.6 is 0 Å². The van der Waals surface area contributed by atoms with E-state index >= 15 is 0 Å². The Bertz CT molecular complexity index is 932. The highest BCUT2D eigenvalue weighted by atomic mass is 32.2. The minimum atomic E-state index is -3.63. The van der Waals surface area contributed by atoms with Gasteiger partial charge in [-0.1, -0.05) is 24.6 Å². The molecule has 27 heavy (non-hydrogen) atoms. The molecule has 0 spiro atoms. The number of aromatic nitrogens is 1. The number of nitrogens with zero attached hydrogens (tertiary/aromatic N) is 2. The van der Waals surface area contributed by atoms with Crippen LogP contribution in [0.5, 0.6) is 0 Å². The third-order valence-electron chi connectivity index (χ3n) is 4.49. The Kier molecular flexibility index (Phi) is 5.62. The molecule has 0 atom stereocenters. The summed E-state index contributed by atoms with van der Waals surface area (Å²) in [4.78, 5) is 24.4. The maximum atomic E-state index is 12.7. The van der Waals surface area contributed by atoms with Crippen LogP contribution in [0.15, 0.2) is 47.5 Å². The van der Waals surface area contributed by atoms with Gasteiger partial charge >= 0.3 is 0 Å². The molecule has 0 radical (unpaired) electrons. The summed E-state index contributed by atoms with van der Waals surface area (Å²) < 4.78 is 28.4. The lowest BCUT2D eigenvalue weighted by Crippen LogP contribution is -2.42. The quantitative estimate of drug-likeness (QED) is 0.768. The van der Waals surface area contributed by atoms with Gasteiger partial charge in [0.15, 0.2) is 0 Å². The topological polar surface area (TPSA) is 101 Å². The van der Waals surface area contributed by atoms with E-state index in [1.165, 1.54) is 21.1 Å². The maximum Gasteiger partial charge on any atom is 0.286 e. The van der Waals surface area contributed by atoms with E-state index in [9.17, 15) is 18.0 Å². The lowest BCUT2D eigenvalue weighted by Gasteiger charge is -2.25. The maximum absolute atomic E-state index is 12.7. The molecule has 3 rings (SSSR count). The van der Waals surface area contributed by atoms with Crippen molar-refractivity contribution >= 4 is 21.8 Å².